The minimum Gasteiger partial charge on any atom is -0.493 e. The largest absolute Gasteiger partial charge is 0.493 e. The molecule has 0 aliphatic carbocycles. The van der Waals surface area contributed by atoms with Gasteiger partial charge in [0.05, 0.1) is 23.2 Å². The van der Waals surface area contributed by atoms with Gasteiger partial charge in [0.1, 0.15) is 18.2 Å². The molecule has 4 rings (SSSR count). The van der Waals surface area contributed by atoms with Gasteiger partial charge in [-0.05, 0) is 42.0 Å². The quantitative estimate of drug-likeness (QED) is 0.348. The number of H-pyrrole nitrogens is 1. The average molecular weight is 440 g/mol. The van der Waals surface area contributed by atoms with Gasteiger partial charge in [0.15, 0.2) is 11.5 Å². The molecule has 1 aromatic heterocycles. The maximum atomic E-state index is 13.2. The summed E-state index contributed by atoms with van der Waals surface area (Å²) >= 11 is 6.07. The van der Waals surface area contributed by atoms with Crippen LogP contribution in [-0.4, -0.2) is 23.6 Å². The van der Waals surface area contributed by atoms with Gasteiger partial charge in [-0.2, -0.15) is 0 Å². The summed E-state index contributed by atoms with van der Waals surface area (Å²) in [5.41, 5.74) is 3.83. The fourth-order valence-corrected chi connectivity index (χ4v) is 3.52. The minimum atomic E-state index is -0.372. The molecule has 3 aromatic carbocycles. The number of nitrogens with zero attached hydrogens (tertiary/aromatic N) is 1. The Morgan fingerprint density at radius 2 is 1.94 bits per heavy atom. The fraction of sp³-hybridized carbons (Fsp3) is 0.208. The number of benzene rings is 3. The Hall–Kier alpha value is -3.09. The smallest absolute Gasteiger partial charge is 0.161 e. The number of halogens is 2. The topological polar surface area (TPSA) is 59.2 Å². The number of rotatable bonds is 9. The molecule has 0 unspecified atom stereocenters. The van der Waals surface area contributed by atoms with Crippen molar-refractivity contribution in [1.82, 2.24) is 15.3 Å². The van der Waals surface area contributed by atoms with Crippen LogP contribution in [0.3, 0.4) is 0 Å². The maximum absolute atomic E-state index is 13.2. The minimum absolute atomic E-state index is 0.227. The second-order valence-corrected chi connectivity index (χ2v) is 7.54. The van der Waals surface area contributed by atoms with E-state index in [2.05, 4.69) is 15.3 Å². The van der Waals surface area contributed by atoms with E-state index in [4.69, 9.17) is 21.1 Å². The van der Waals surface area contributed by atoms with E-state index in [1.165, 1.54) is 12.1 Å². The van der Waals surface area contributed by atoms with Crippen LogP contribution in [0.25, 0.3) is 11.0 Å². The maximum Gasteiger partial charge on any atom is 0.161 e. The molecule has 160 valence electrons. The Balaban J connectivity index is 1.30. The molecule has 0 aliphatic rings. The first kappa shape index (κ1) is 21.2. The van der Waals surface area contributed by atoms with E-state index in [0.29, 0.717) is 28.6 Å². The van der Waals surface area contributed by atoms with Crippen molar-refractivity contribution >= 4 is 22.6 Å². The number of imidazole rings is 1. The van der Waals surface area contributed by atoms with Crippen molar-refractivity contribution in [2.24, 2.45) is 0 Å². The molecule has 0 bridgehead atoms. The first-order valence-corrected chi connectivity index (χ1v) is 10.4. The highest BCUT2D eigenvalue weighted by molar-refractivity contribution is 6.31. The molecule has 4 aromatic rings. The molecule has 0 atom stereocenters. The van der Waals surface area contributed by atoms with Crippen molar-refractivity contribution < 1.29 is 13.9 Å². The van der Waals surface area contributed by atoms with Crippen LogP contribution in [0.15, 0.2) is 60.7 Å². The summed E-state index contributed by atoms with van der Waals surface area (Å²) in [4.78, 5) is 7.93. The van der Waals surface area contributed by atoms with E-state index in [0.717, 1.165) is 35.4 Å². The second-order valence-electron chi connectivity index (χ2n) is 7.14. The van der Waals surface area contributed by atoms with Crippen molar-refractivity contribution in [1.29, 1.82) is 0 Å². The van der Waals surface area contributed by atoms with E-state index in [1.54, 1.807) is 13.2 Å². The SMILES string of the molecule is COc1cc(CNCCc2nc3ccccc3[nH]2)ccc1OCc1ccc(F)cc1Cl. The zero-order valence-electron chi connectivity index (χ0n) is 17.1. The third kappa shape index (κ3) is 5.34. The van der Waals surface area contributed by atoms with E-state index in [-0.39, 0.29) is 12.4 Å². The van der Waals surface area contributed by atoms with Crippen molar-refractivity contribution in [3.8, 4) is 11.5 Å². The molecule has 0 fully saturated rings. The van der Waals surface area contributed by atoms with Gasteiger partial charge in [-0.1, -0.05) is 35.9 Å². The van der Waals surface area contributed by atoms with E-state index in [1.807, 2.05) is 42.5 Å². The standard InChI is InChI=1S/C24H23ClFN3O2/c1-30-23-12-16(6-9-22(23)31-15-17-7-8-18(26)13-19(17)25)14-27-11-10-24-28-20-4-2-3-5-21(20)29-24/h2-9,12-13,27H,10-11,14-15H2,1H3,(H,28,29). The number of hydrogen-bond donors (Lipinski definition) is 2. The molecule has 0 radical (unpaired) electrons. The number of methoxy groups -OCH3 is 1. The molecule has 0 spiro atoms. The van der Waals surface area contributed by atoms with E-state index >= 15 is 0 Å². The van der Waals surface area contributed by atoms with E-state index < -0.39 is 0 Å². The molecule has 7 heteroatoms. The summed E-state index contributed by atoms with van der Waals surface area (Å²) in [5, 5.41) is 3.76. The van der Waals surface area contributed by atoms with Crippen molar-refractivity contribution in [3.63, 3.8) is 0 Å². The molecule has 0 amide bonds. The van der Waals surface area contributed by atoms with Crippen molar-refractivity contribution in [3.05, 3.63) is 88.5 Å². The molecule has 5 nitrogen and oxygen atoms in total. The van der Waals surface area contributed by atoms with Gasteiger partial charge >= 0.3 is 0 Å². The summed E-state index contributed by atoms with van der Waals surface area (Å²) in [6, 6.07) is 18.1. The van der Waals surface area contributed by atoms with E-state index in [9.17, 15) is 4.39 Å². The lowest BCUT2D eigenvalue weighted by molar-refractivity contribution is 0.284. The Labute approximate surface area is 185 Å². The molecule has 0 saturated heterocycles. The van der Waals surface area contributed by atoms with Gasteiger partial charge in [0, 0.05) is 25.1 Å². The van der Waals surface area contributed by atoms with Gasteiger partial charge in [-0.15, -0.1) is 0 Å². The Bertz CT molecular complexity index is 1150. The fourth-order valence-electron chi connectivity index (χ4n) is 3.30. The Morgan fingerprint density at radius 3 is 2.74 bits per heavy atom. The lowest BCUT2D eigenvalue weighted by Gasteiger charge is -2.13. The van der Waals surface area contributed by atoms with Crippen LogP contribution in [-0.2, 0) is 19.6 Å². The molecule has 1 heterocycles. The predicted octanol–water partition coefficient (Wildman–Crippen LogP) is 5.28. The monoisotopic (exact) mass is 439 g/mol. The number of aromatic amines is 1. The van der Waals surface area contributed by atoms with Gasteiger partial charge in [0.2, 0.25) is 0 Å². The highest BCUT2D eigenvalue weighted by Gasteiger charge is 2.09. The van der Waals surface area contributed by atoms with Crippen LogP contribution in [0.2, 0.25) is 5.02 Å². The molecular weight excluding hydrogens is 417 g/mol. The molecule has 2 N–H and O–H groups in total. The van der Waals surface area contributed by atoms with Crippen molar-refractivity contribution in [2.75, 3.05) is 13.7 Å². The van der Waals surface area contributed by atoms with Gasteiger partial charge in [0.25, 0.3) is 0 Å². The molecule has 31 heavy (non-hydrogen) atoms. The number of hydrogen-bond acceptors (Lipinski definition) is 4. The van der Waals surface area contributed by atoms with Gasteiger partial charge < -0.3 is 19.8 Å². The van der Waals surface area contributed by atoms with Crippen LogP contribution in [0, 0.1) is 5.82 Å². The first-order chi connectivity index (χ1) is 15.1. The van der Waals surface area contributed by atoms with Crippen LogP contribution in [0.1, 0.15) is 17.0 Å². The Morgan fingerprint density at radius 1 is 1.06 bits per heavy atom. The summed E-state index contributed by atoms with van der Waals surface area (Å²) in [7, 11) is 1.60. The lowest BCUT2D eigenvalue weighted by atomic mass is 10.2. The van der Waals surface area contributed by atoms with Crippen LogP contribution >= 0.6 is 11.6 Å². The average Bonchev–Trinajstić information content (AvgIpc) is 3.19. The van der Waals surface area contributed by atoms with Crippen LogP contribution < -0.4 is 14.8 Å². The van der Waals surface area contributed by atoms with Crippen LogP contribution in [0.4, 0.5) is 4.39 Å². The first-order valence-electron chi connectivity index (χ1n) is 10.0. The summed E-state index contributed by atoms with van der Waals surface area (Å²) in [6.45, 7) is 1.72. The number of aromatic nitrogens is 2. The van der Waals surface area contributed by atoms with Crippen molar-refractivity contribution in [2.45, 2.75) is 19.6 Å². The van der Waals surface area contributed by atoms with Gasteiger partial charge in [-0.3, -0.25) is 0 Å². The Kier molecular flexibility index (Phi) is 6.70. The third-order valence-electron chi connectivity index (χ3n) is 4.93. The van der Waals surface area contributed by atoms with Gasteiger partial charge in [-0.25, -0.2) is 9.37 Å². The van der Waals surface area contributed by atoms with Crippen LogP contribution in [0.5, 0.6) is 11.5 Å². The number of ether oxygens (including phenoxy) is 2. The number of nitrogens with one attached hydrogen (secondary N) is 2. The lowest BCUT2D eigenvalue weighted by Crippen LogP contribution is -2.17. The highest BCUT2D eigenvalue weighted by Crippen LogP contribution is 2.29. The predicted molar refractivity (Wildman–Crippen MR) is 120 cm³/mol. The normalized spacial score (nSPS) is 11.1. The zero-order valence-corrected chi connectivity index (χ0v) is 17.9. The molecule has 0 saturated carbocycles. The molecule has 0 aliphatic heterocycles. The summed E-state index contributed by atoms with van der Waals surface area (Å²) < 4.78 is 24.5. The molecular formula is C24H23ClFN3O2. The number of para-hydroxylation sites is 2. The zero-order chi connectivity index (χ0) is 21.6. The summed E-state index contributed by atoms with van der Waals surface area (Å²) in [6.07, 6.45) is 0.811. The summed E-state index contributed by atoms with van der Waals surface area (Å²) in [5.74, 6) is 1.83. The third-order valence-corrected chi connectivity index (χ3v) is 5.28. The second kappa shape index (κ2) is 9.81. The highest BCUT2D eigenvalue weighted by atomic mass is 35.5. The number of fused-ring (bicyclic) bond motifs is 1.